The highest BCUT2D eigenvalue weighted by atomic mass is 19.4. The maximum Gasteiger partial charge on any atom is 0.401 e. The Morgan fingerprint density at radius 1 is 1.11 bits per heavy atom. The predicted molar refractivity (Wildman–Crippen MR) is 123 cm³/mol. The monoisotopic (exact) mass is 511 g/mol. The number of hydrogen-bond acceptors (Lipinski definition) is 2. The Morgan fingerprint density at radius 2 is 1.78 bits per heavy atom. The third kappa shape index (κ3) is 5.61. The number of nitrogens with zero attached hydrogens (tertiary/aromatic N) is 1. The minimum atomic E-state index is -4.61. The van der Waals surface area contributed by atoms with Gasteiger partial charge < -0.3 is 5.11 Å². The van der Waals surface area contributed by atoms with Crippen LogP contribution in [0.3, 0.4) is 0 Å². The summed E-state index contributed by atoms with van der Waals surface area (Å²) in [6.07, 6.45) is -0.127. The minimum Gasteiger partial charge on any atom is -0.478 e. The van der Waals surface area contributed by atoms with Crippen molar-refractivity contribution in [3.63, 3.8) is 0 Å². The second-order valence-corrected chi connectivity index (χ2v) is 9.77. The molecule has 2 aromatic carbocycles. The summed E-state index contributed by atoms with van der Waals surface area (Å²) in [5.74, 6) is -2.77. The van der Waals surface area contributed by atoms with E-state index in [-0.39, 0.29) is 29.8 Å². The summed E-state index contributed by atoms with van der Waals surface area (Å²) in [6, 6.07) is 4.07. The van der Waals surface area contributed by atoms with Crippen molar-refractivity contribution in [2.75, 3.05) is 13.2 Å². The zero-order chi connectivity index (χ0) is 26.2. The molecule has 1 aliphatic heterocycles. The highest BCUT2D eigenvalue weighted by Crippen LogP contribution is 2.43. The van der Waals surface area contributed by atoms with Gasteiger partial charge in [-0.15, -0.1) is 0 Å². The van der Waals surface area contributed by atoms with Crippen LogP contribution in [0.15, 0.2) is 35.9 Å². The first-order chi connectivity index (χ1) is 17.0. The van der Waals surface area contributed by atoms with Crippen molar-refractivity contribution in [1.82, 2.24) is 4.90 Å². The summed E-state index contributed by atoms with van der Waals surface area (Å²) < 4.78 is 83.6. The van der Waals surface area contributed by atoms with Crippen LogP contribution in [0.5, 0.6) is 0 Å². The van der Waals surface area contributed by atoms with Gasteiger partial charge in [-0.3, -0.25) is 9.29 Å². The van der Waals surface area contributed by atoms with E-state index in [4.69, 9.17) is 0 Å². The van der Waals surface area contributed by atoms with Crippen LogP contribution in [0, 0.1) is 17.6 Å². The average Bonchev–Trinajstić information content (AvgIpc) is 2.75. The van der Waals surface area contributed by atoms with Crippen molar-refractivity contribution < 1.29 is 36.2 Å². The molecule has 1 saturated carbocycles. The molecule has 1 heterocycles. The maximum absolute atomic E-state index is 15.4. The lowest BCUT2D eigenvalue weighted by molar-refractivity contribution is -0.155. The summed E-state index contributed by atoms with van der Waals surface area (Å²) in [6.45, 7) is -0.219. The molecule has 1 aliphatic carbocycles. The van der Waals surface area contributed by atoms with E-state index in [1.165, 1.54) is 25.1 Å². The number of fused-ring (bicyclic) bond motifs is 1. The molecule has 36 heavy (non-hydrogen) atoms. The molecule has 0 bridgehead atoms. The molecule has 194 valence electrons. The molecule has 9 heteroatoms. The number of hydrogen-bond donors (Lipinski definition) is 1. The molecule has 4 rings (SSSR count). The lowest BCUT2D eigenvalue weighted by Crippen LogP contribution is -2.47. The zero-order valence-corrected chi connectivity index (χ0v) is 19.7. The third-order valence-corrected chi connectivity index (χ3v) is 7.05. The molecule has 1 N–H and O–H groups in total. The minimum absolute atomic E-state index is 0.0443. The molecule has 0 spiro atoms. The van der Waals surface area contributed by atoms with E-state index in [0.717, 1.165) is 41.9 Å². The number of allylic oxidation sites excluding steroid dienone is 1. The number of rotatable bonds is 7. The Balaban J connectivity index is 1.72. The number of carbonyl (C=O) groups is 1. The highest BCUT2D eigenvalue weighted by molar-refractivity contribution is 5.88. The van der Waals surface area contributed by atoms with Crippen LogP contribution in [0.1, 0.15) is 71.3 Å². The number of carboxylic acid groups (broad SMARTS) is 1. The van der Waals surface area contributed by atoms with E-state index in [1.807, 2.05) is 0 Å². The van der Waals surface area contributed by atoms with Gasteiger partial charge in [0, 0.05) is 11.6 Å². The smallest absolute Gasteiger partial charge is 0.401 e. The van der Waals surface area contributed by atoms with Gasteiger partial charge in [-0.25, -0.2) is 13.6 Å². The predicted octanol–water partition coefficient (Wildman–Crippen LogP) is 7.10. The summed E-state index contributed by atoms with van der Waals surface area (Å²) in [7, 11) is 0. The molecular weight excluding hydrogens is 484 g/mol. The maximum atomic E-state index is 15.4. The molecule has 1 fully saturated rings. The van der Waals surface area contributed by atoms with Crippen LogP contribution in [-0.4, -0.2) is 41.4 Å². The standard InChI is InChI=1S/C27H27F6NO2/c1-15-7-20-13-19(26(35)36)4-5-21(20)25(34(15)14-27(31,32)33)24-22(29)11-18(12-23(24)30)10-17-8-16(9-17)3-2-6-28/h4-5,10-13,15-16,25H,2-3,6-9,14H2,1H3,(H,35,36)/t15-,16?,25+/m1/s1. The first-order valence-electron chi connectivity index (χ1n) is 11.9. The van der Waals surface area contributed by atoms with Gasteiger partial charge in [0.2, 0.25) is 0 Å². The van der Waals surface area contributed by atoms with Crippen molar-refractivity contribution in [3.8, 4) is 0 Å². The first kappa shape index (κ1) is 26.3. The molecule has 0 aromatic heterocycles. The van der Waals surface area contributed by atoms with Crippen LogP contribution in [0.2, 0.25) is 0 Å². The van der Waals surface area contributed by atoms with Crippen molar-refractivity contribution in [2.45, 2.75) is 57.3 Å². The Labute approximate surface area is 205 Å². The number of alkyl halides is 4. The van der Waals surface area contributed by atoms with Crippen LogP contribution < -0.4 is 0 Å². The SMILES string of the molecule is C[C@@H]1Cc2cc(C(=O)O)ccc2[C@@H](c2c(F)cc(C=C3CC(CCCF)C3)cc2F)N1CC(F)(F)F. The van der Waals surface area contributed by atoms with Gasteiger partial charge in [0.1, 0.15) is 11.6 Å². The Morgan fingerprint density at radius 3 is 2.36 bits per heavy atom. The van der Waals surface area contributed by atoms with Crippen LogP contribution in [-0.2, 0) is 6.42 Å². The molecule has 3 nitrogen and oxygen atoms in total. The topological polar surface area (TPSA) is 40.5 Å². The van der Waals surface area contributed by atoms with E-state index < -0.39 is 48.0 Å². The largest absolute Gasteiger partial charge is 0.478 e. The number of aromatic carboxylic acids is 1. The number of benzene rings is 2. The van der Waals surface area contributed by atoms with Crippen molar-refractivity contribution in [1.29, 1.82) is 0 Å². The molecule has 0 saturated heterocycles. The number of halogens is 6. The molecule has 2 aromatic rings. The van der Waals surface area contributed by atoms with Crippen molar-refractivity contribution in [3.05, 3.63) is 75.4 Å². The lowest BCUT2D eigenvalue weighted by Gasteiger charge is -2.42. The van der Waals surface area contributed by atoms with Crippen LogP contribution in [0.4, 0.5) is 26.3 Å². The Hall–Kier alpha value is -2.81. The van der Waals surface area contributed by atoms with Crippen molar-refractivity contribution in [2.24, 2.45) is 5.92 Å². The second kappa shape index (κ2) is 10.3. The summed E-state index contributed by atoms with van der Waals surface area (Å²) in [5, 5.41) is 9.31. The summed E-state index contributed by atoms with van der Waals surface area (Å²) in [4.78, 5) is 12.4. The molecule has 0 amide bonds. The summed E-state index contributed by atoms with van der Waals surface area (Å²) >= 11 is 0. The fourth-order valence-electron chi connectivity index (χ4n) is 5.38. The second-order valence-electron chi connectivity index (χ2n) is 9.77. The molecular formula is C27H27F6NO2. The van der Waals surface area contributed by atoms with Crippen molar-refractivity contribution >= 4 is 12.0 Å². The normalized spacial score (nSPS) is 22.2. The lowest BCUT2D eigenvalue weighted by atomic mass is 9.76. The van der Waals surface area contributed by atoms with Gasteiger partial charge >= 0.3 is 12.1 Å². The fourth-order valence-corrected chi connectivity index (χ4v) is 5.38. The van der Waals surface area contributed by atoms with E-state index >= 15 is 8.78 Å². The quantitative estimate of drug-likeness (QED) is 0.403. The van der Waals surface area contributed by atoms with Crippen LogP contribution in [0.25, 0.3) is 6.08 Å². The van der Waals surface area contributed by atoms with Gasteiger partial charge in [0.15, 0.2) is 0 Å². The third-order valence-electron chi connectivity index (χ3n) is 7.05. The fraction of sp³-hybridized carbons (Fsp3) is 0.444. The molecule has 2 aliphatic rings. The summed E-state index contributed by atoms with van der Waals surface area (Å²) in [5.41, 5.74) is 1.43. The molecule has 0 radical (unpaired) electrons. The van der Waals surface area contributed by atoms with E-state index in [9.17, 15) is 27.5 Å². The van der Waals surface area contributed by atoms with Gasteiger partial charge in [-0.2, -0.15) is 13.2 Å². The van der Waals surface area contributed by atoms with Gasteiger partial charge in [-0.05, 0) is 85.9 Å². The van der Waals surface area contributed by atoms with Gasteiger partial charge in [0.25, 0.3) is 0 Å². The van der Waals surface area contributed by atoms with E-state index in [0.29, 0.717) is 17.9 Å². The molecule has 0 unspecified atom stereocenters. The van der Waals surface area contributed by atoms with Gasteiger partial charge in [0.05, 0.1) is 24.8 Å². The Bertz CT molecular complexity index is 1140. The van der Waals surface area contributed by atoms with Crippen LogP contribution >= 0.6 is 0 Å². The average molecular weight is 512 g/mol. The highest BCUT2D eigenvalue weighted by Gasteiger charge is 2.42. The van der Waals surface area contributed by atoms with Gasteiger partial charge in [-0.1, -0.05) is 17.7 Å². The number of carboxylic acids is 1. The van der Waals surface area contributed by atoms with E-state index in [2.05, 4.69) is 0 Å². The first-order valence-corrected chi connectivity index (χ1v) is 11.9. The zero-order valence-electron chi connectivity index (χ0n) is 19.7. The Kier molecular flexibility index (Phi) is 7.50. The van der Waals surface area contributed by atoms with E-state index in [1.54, 1.807) is 6.08 Å². The molecule has 2 atom stereocenters.